The Bertz CT molecular complexity index is 644. The van der Waals surface area contributed by atoms with Crippen LogP contribution in [0.4, 0.5) is 0 Å². The summed E-state index contributed by atoms with van der Waals surface area (Å²) in [5, 5.41) is 9.64. The van der Waals surface area contributed by atoms with Crippen molar-refractivity contribution in [1.29, 1.82) is 0 Å². The molecule has 3 heteroatoms. The third kappa shape index (κ3) is 4.82. The van der Waals surface area contributed by atoms with Crippen LogP contribution < -0.4 is 0 Å². The Kier molecular flexibility index (Phi) is 7.01. The summed E-state index contributed by atoms with van der Waals surface area (Å²) in [6, 6.07) is 7.16. The number of phenols is 1. The van der Waals surface area contributed by atoms with Gasteiger partial charge in [-0.05, 0) is 35.8 Å². The summed E-state index contributed by atoms with van der Waals surface area (Å²) in [5.41, 5.74) is 1.10. The number of benzene rings is 1. The van der Waals surface area contributed by atoms with E-state index in [1.54, 1.807) is 19.2 Å². The molecule has 1 aromatic carbocycles. The van der Waals surface area contributed by atoms with Crippen LogP contribution in [0.2, 0.25) is 0 Å². The van der Waals surface area contributed by atoms with E-state index in [-0.39, 0.29) is 17.5 Å². The summed E-state index contributed by atoms with van der Waals surface area (Å²) in [6.45, 7) is 4.20. The lowest BCUT2D eigenvalue weighted by atomic mass is 9.80. The van der Waals surface area contributed by atoms with Gasteiger partial charge in [0.15, 0.2) is 5.78 Å². The van der Waals surface area contributed by atoms with E-state index in [1.807, 2.05) is 37.3 Å². The molecule has 0 aliphatic heterocycles. The van der Waals surface area contributed by atoms with Crippen molar-refractivity contribution in [2.24, 2.45) is 5.92 Å². The summed E-state index contributed by atoms with van der Waals surface area (Å²) < 4.78 is 5.67. The first kappa shape index (κ1) is 19.5. The number of hydrogen-bond donors (Lipinski definition) is 1. The summed E-state index contributed by atoms with van der Waals surface area (Å²) in [5.74, 6) is 0.401. The molecule has 1 aromatic rings. The summed E-state index contributed by atoms with van der Waals surface area (Å²) >= 11 is 0. The lowest BCUT2D eigenvalue weighted by Gasteiger charge is -2.32. The summed E-state index contributed by atoms with van der Waals surface area (Å²) in [7, 11) is 1.61. The van der Waals surface area contributed by atoms with Gasteiger partial charge in [0.05, 0.1) is 0 Å². The predicted molar refractivity (Wildman–Crippen MR) is 103 cm³/mol. The SMILES string of the molecule is CCCCCCC(C)C(=O)[C@@]1(OC)C=CC(c2cccc(O)c2)=CC1. The highest BCUT2D eigenvalue weighted by molar-refractivity contribution is 5.93. The Morgan fingerprint density at radius 2 is 2.12 bits per heavy atom. The quantitative estimate of drug-likeness (QED) is 0.620. The van der Waals surface area contributed by atoms with E-state index in [1.165, 1.54) is 19.3 Å². The van der Waals surface area contributed by atoms with E-state index in [2.05, 4.69) is 6.92 Å². The number of aromatic hydroxyl groups is 1. The number of ether oxygens (including phenoxy) is 1. The highest BCUT2D eigenvalue weighted by atomic mass is 16.5. The van der Waals surface area contributed by atoms with Gasteiger partial charge < -0.3 is 9.84 Å². The molecule has 0 saturated carbocycles. The smallest absolute Gasteiger partial charge is 0.171 e. The van der Waals surface area contributed by atoms with Crippen molar-refractivity contribution in [3.8, 4) is 5.75 Å². The second kappa shape index (κ2) is 9.00. The van der Waals surface area contributed by atoms with E-state index >= 15 is 0 Å². The standard InChI is InChI=1S/C22H30O3/c1-4-5-6-7-9-17(2)21(24)22(25-3)14-12-18(13-15-22)19-10-8-11-20(23)16-19/h8,10-14,16-17,23H,4-7,9,15H2,1-3H3/t17?,22-/m1/s1. The van der Waals surface area contributed by atoms with E-state index < -0.39 is 5.60 Å². The van der Waals surface area contributed by atoms with Gasteiger partial charge in [-0.3, -0.25) is 4.79 Å². The van der Waals surface area contributed by atoms with Crippen LogP contribution in [0.25, 0.3) is 5.57 Å². The first-order valence-electron chi connectivity index (χ1n) is 9.30. The van der Waals surface area contributed by atoms with Crippen LogP contribution in [-0.4, -0.2) is 23.6 Å². The molecule has 0 spiro atoms. The molecule has 0 saturated heterocycles. The number of hydrogen-bond acceptors (Lipinski definition) is 3. The van der Waals surface area contributed by atoms with Crippen LogP contribution in [0.1, 0.15) is 57.9 Å². The first-order chi connectivity index (χ1) is 12.0. The molecule has 1 aliphatic carbocycles. The third-order valence-corrected chi connectivity index (χ3v) is 5.06. The van der Waals surface area contributed by atoms with Crippen molar-refractivity contribution < 1.29 is 14.6 Å². The molecular weight excluding hydrogens is 312 g/mol. The zero-order valence-corrected chi connectivity index (χ0v) is 15.6. The highest BCUT2D eigenvalue weighted by Gasteiger charge is 2.38. The monoisotopic (exact) mass is 342 g/mol. The molecule has 2 rings (SSSR count). The topological polar surface area (TPSA) is 46.5 Å². The fourth-order valence-electron chi connectivity index (χ4n) is 3.38. The molecule has 0 amide bonds. The van der Waals surface area contributed by atoms with Gasteiger partial charge in [0.25, 0.3) is 0 Å². The molecule has 1 unspecified atom stereocenters. The molecule has 0 aromatic heterocycles. The minimum absolute atomic E-state index is 0.00261. The number of carbonyl (C=O) groups excluding carboxylic acids is 1. The minimum Gasteiger partial charge on any atom is -0.508 e. The number of Topliss-reactive ketones (excluding diaryl/α,β-unsaturated/α-hetero) is 1. The van der Waals surface area contributed by atoms with Crippen molar-refractivity contribution in [2.75, 3.05) is 7.11 Å². The Balaban J connectivity index is 2.05. The molecule has 0 fully saturated rings. The molecule has 0 radical (unpaired) electrons. The normalized spacial score (nSPS) is 21.0. The lowest BCUT2D eigenvalue weighted by Crippen LogP contribution is -2.42. The molecule has 25 heavy (non-hydrogen) atoms. The molecule has 0 bridgehead atoms. The van der Waals surface area contributed by atoms with E-state index in [0.29, 0.717) is 6.42 Å². The average Bonchev–Trinajstić information content (AvgIpc) is 2.64. The number of methoxy groups -OCH3 is 1. The van der Waals surface area contributed by atoms with Gasteiger partial charge in [0, 0.05) is 19.4 Å². The van der Waals surface area contributed by atoms with Crippen LogP contribution in [0, 0.1) is 5.92 Å². The summed E-state index contributed by atoms with van der Waals surface area (Å²) in [6.07, 6.45) is 12.0. The maximum atomic E-state index is 13.0. The van der Waals surface area contributed by atoms with Crippen molar-refractivity contribution in [1.82, 2.24) is 0 Å². The fraction of sp³-hybridized carbons (Fsp3) is 0.500. The minimum atomic E-state index is -0.857. The van der Waals surface area contributed by atoms with E-state index in [9.17, 15) is 9.90 Å². The van der Waals surface area contributed by atoms with Gasteiger partial charge in [-0.2, -0.15) is 0 Å². The average molecular weight is 342 g/mol. The van der Waals surface area contributed by atoms with Crippen molar-refractivity contribution in [3.05, 3.63) is 48.1 Å². The fourth-order valence-corrected chi connectivity index (χ4v) is 3.38. The van der Waals surface area contributed by atoms with Gasteiger partial charge in [-0.1, -0.05) is 63.8 Å². The zero-order valence-electron chi connectivity index (χ0n) is 15.6. The van der Waals surface area contributed by atoms with E-state index in [4.69, 9.17) is 4.74 Å². The Labute approximate surface area is 151 Å². The number of allylic oxidation sites excluding steroid dienone is 2. The van der Waals surface area contributed by atoms with Crippen LogP contribution in [0.15, 0.2) is 42.5 Å². The Morgan fingerprint density at radius 3 is 2.72 bits per heavy atom. The maximum Gasteiger partial charge on any atom is 0.171 e. The summed E-state index contributed by atoms with van der Waals surface area (Å²) in [4.78, 5) is 13.0. The number of rotatable bonds is 9. The van der Waals surface area contributed by atoms with E-state index in [0.717, 1.165) is 24.0 Å². The second-order valence-electron chi connectivity index (χ2n) is 6.96. The number of carbonyl (C=O) groups is 1. The lowest BCUT2D eigenvalue weighted by molar-refractivity contribution is -0.139. The van der Waals surface area contributed by atoms with Gasteiger partial charge >= 0.3 is 0 Å². The van der Waals surface area contributed by atoms with Crippen molar-refractivity contribution >= 4 is 11.4 Å². The molecule has 136 valence electrons. The Morgan fingerprint density at radius 1 is 1.32 bits per heavy atom. The highest BCUT2D eigenvalue weighted by Crippen LogP contribution is 2.33. The molecule has 1 N–H and O–H groups in total. The Hall–Kier alpha value is -1.87. The van der Waals surface area contributed by atoms with Gasteiger partial charge in [0.2, 0.25) is 0 Å². The third-order valence-electron chi connectivity index (χ3n) is 5.06. The second-order valence-corrected chi connectivity index (χ2v) is 6.96. The predicted octanol–water partition coefficient (Wildman–Crippen LogP) is 5.30. The number of ketones is 1. The van der Waals surface area contributed by atoms with Crippen molar-refractivity contribution in [3.63, 3.8) is 0 Å². The van der Waals surface area contributed by atoms with Crippen LogP contribution in [0.3, 0.4) is 0 Å². The van der Waals surface area contributed by atoms with Crippen LogP contribution >= 0.6 is 0 Å². The van der Waals surface area contributed by atoms with Gasteiger partial charge in [0.1, 0.15) is 11.4 Å². The molecule has 2 atom stereocenters. The number of phenolic OH excluding ortho intramolecular Hbond substituents is 1. The number of unbranched alkanes of at least 4 members (excludes halogenated alkanes) is 3. The first-order valence-corrected chi connectivity index (χ1v) is 9.30. The zero-order chi connectivity index (χ0) is 18.3. The maximum absolute atomic E-state index is 13.0. The molecule has 1 aliphatic rings. The largest absolute Gasteiger partial charge is 0.508 e. The van der Waals surface area contributed by atoms with Gasteiger partial charge in [-0.25, -0.2) is 0 Å². The molecule has 3 nitrogen and oxygen atoms in total. The molecular formula is C22H30O3. The van der Waals surface area contributed by atoms with Gasteiger partial charge in [-0.15, -0.1) is 0 Å². The molecule has 0 heterocycles. The van der Waals surface area contributed by atoms with Crippen LogP contribution in [-0.2, 0) is 9.53 Å². The van der Waals surface area contributed by atoms with Crippen molar-refractivity contribution in [2.45, 2.75) is 58.0 Å². The van der Waals surface area contributed by atoms with Crippen LogP contribution in [0.5, 0.6) is 5.75 Å².